The second kappa shape index (κ2) is 10.5. The summed E-state index contributed by atoms with van der Waals surface area (Å²) in [4.78, 5) is 43.8. The molecule has 3 amide bonds. The highest BCUT2D eigenvalue weighted by atomic mass is 16.2. The summed E-state index contributed by atoms with van der Waals surface area (Å²) in [7, 11) is 0. The molecule has 4 aliphatic rings. The molecule has 2 saturated heterocycles. The number of nitrogens with one attached hydrogen (secondary N) is 1. The van der Waals surface area contributed by atoms with Crippen molar-refractivity contribution in [1.82, 2.24) is 15.1 Å². The number of benzene rings is 1. The average Bonchev–Trinajstić information content (AvgIpc) is 3.29. The number of piperidine rings is 1. The molecule has 6 nitrogen and oxygen atoms in total. The fraction of sp³-hybridized carbons (Fsp3) is 0.679. The van der Waals surface area contributed by atoms with Crippen LogP contribution in [0.3, 0.4) is 0 Å². The SMILES string of the molecule is O=C(NC1CCN(C(=O)C2CCCCC2)CC1)C1CC2CCCCC2N1C(=O)c1ccccc1. The molecule has 3 atom stereocenters. The number of nitrogens with zero attached hydrogens (tertiary/aromatic N) is 2. The summed E-state index contributed by atoms with van der Waals surface area (Å²) < 4.78 is 0. The summed E-state index contributed by atoms with van der Waals surface area (Å²) in [6.45, 7) is 1.45. The predicted octanol–water partition coefficient (Wildman–Crippen LogP) is 4.15. The Hall–Kier alpha value is -2.37. The highest BCUT2D eigenvalue weighted by Gasteiger charge is 2.47. The van der Waals surface area contributed by atoms with Gasteiger partial charge in [-0.2, -0.15) is 0 Å². The molecular formula is C28H39N3O3. The van der Waals surface area contributed by atoms with Crippen LogP contribution < -0.4 is 5.32 Å². The van der Waals surface area contributed by atoms with Crippen LogP contribution in [-0.2, 0) is 9.59 Å². The molecule has 6 heteroatoms. The van der Waals surface area contributed by atoms with Gasteiger partial charge in [-0.3, -0.25) is 14.4 Å². The zero-order chi connectivity index (χ0) is 23.5. The number of carbonyl (C=O) groups is 3. The van der Waals surface area contributed by atoms with E-state index in [-0.39, 0.29) is 35.9 Å². The van der Waals surface area contributed by atoms with Crippen LogP contribution in [0.5, 0.6) is 0 Å². The summed E-state index contributed by atoms with van der Waals surface area (Å²) in [5.74, 6) is 0.939. The van der Waals surface area contributed by atoms with Crippen molar-refractivity contribution >= 4 is 17.7 Å². The first-order chi connectivity index (χ1) is 16.6. The van der Waals surface area contributed by atoms with Crippen LogP contribution >= 0.6 is 0 Å². The maximum atomic E-state index is 13.5. The molecule has 4 fully saturated rings. The summed E-state index contributed by atoms with van der Waals surface area (Å²) in [6, 6.07) is 9.27. The molecule has 184 valence electrons. The van der Waals surface area contributed by atoms with Gasteiger partial charge in [0.15, 0.2) is 0 Å². The third-order valence-electron chi connectivity index (χ3n) is 8.75. The number of amides is 3. The lowest BCUT2D eigenvalue weighted by Crippen LogP contribution is -2.54. The van der Waals surface area contributed by atoms with Gasteiger partial charge in [0.2, 0.25) is 11.8 Å². The fourth-order valence-electron chi connectivity index (χ4n) is 6.87. The quantitative estimate of drug-likeness (QED) is 0.726. The molecular weight excluding hydrogens is 426 g/mol. The molecule has 3 unspecified atom stereocenters. The molecule has 5 rings (SSSR count). The van der Waals surface area contributed by atoms with Crippen molar-refractivity contribution in [2.45, 2.75) is 95.2 Å². The summed E-state index contributed by atoms with van der Waals surface area (Å²) >= 11 is 0. The van der Waals surface area contributed by atoms with Crippen LogP contribution in [0.25, 0.3) is 0 Å². The minimum Gasteiger partial charge on any atom is -0.351 e. The Morgan fingerprint density at radius 1 is 0.794 bits per heavy atom. The highest BCUT2D eigenvalue weighted by Crippen LogP contribution is 2.40. The van der Waals surface area contributed by atoms with E-state index in [0.717, 1.165) is 64.5 Å². The summed E-state index contributed by atoms with van der Waals surface area (Å²) in [6.07, 6.45) is 12.5. The zero-order valence-electron chi connectivity index (χ0n) is 20.3. The first-order valence-corrected chi connectivity index (χ1v) is 13.6. The molecule has 1 N–H and O–H groups in total. The minimum atomic E-state index is -0.386. The van der Waals surface area contributed by atoms with Gasteiger partial charge in [-0.15, -0.1) is 0 Å². The zero-order valence-corrected chi connectivity index (χ0v) is 20.3. The smallest absolute Gasteiger partial charge is 0.254 e. The summed E-state index contributed by atoms with van der Waals surface area (Å²) in [5, 5.41) is 3.28. The van der Waals surface area contributed by atoms with Crippen molar-refractivity contribution in [3.8, 4) is 0 Å². The first-order valence-electron chi connectivity index (χ1n) is 13.6. The van der Waals surface area contributed by atoms with Crippen LogP contribution in [0, 0.1) is 11.8 Å². The largest absolute Gasteiger partial charge is 0.351 e. The predicted molar refractivity (Wildman–Crippen MR) is 131 cm³/mol. The summed E-state index contributed by atoms with van der Waals surface area (Å²) in [5.41, 5.74) is 0.668. The average molecular weight is 466 g/mol. The topological polar surface area (TPSA) is 69.7 Å². The minimum absolute atomic E-state index is 0.00395. The van der Waals surface area contributed by atoms with Gasteiger partial charge >= 0.3 is 0 Å². The van der Waals surface area contributed by atoms with Crippen molar-refractivity contribution in [2.75, 3.05) is 13.1 Å². The molecule has 2 heterocycles. The van der Waals surface area contributed by atoms with E-state index in [2.05, 4.69) is 5.32 Å². The van der Waals surface area contributed by atoms with E-state index in [1.807, 2.05) is 40.1 Å². The molecule has 2 saturated carbocycles. The van der Waals surface area contributed by atoms with Gasteiger partial charge in [0.05, 0.1) is 0 Å². The van der Waals surface area contributed by atoms with E-state index in [1.165, 1.54) is 25.7 Å². The second-order valence-electron chi connectivity index (χ2n) is 10.9. The van der Waals surface area contributed by atoms with Gasteiger partial charge in [0.1, 0.15) is 6.04 Å². The molecule has 0 aromatic heterocycles. The second-order valence-corrected chi connectivity index (χ2v) is 10.9. The lowest BCUT2D eigenvalue weighted by Gasteiger charge is -2.37. The van der Waals surface area contributed by atoms with Crippen molar-refractivity contribution in [1.29, 1.82) is 0 Å². The number of rotatable bonds is 4. The van der Waals surface area contributed by atoms with E-state index < -0.39 is 0 Å². The number of fused-ring (bicyclic) bond motifs is 1. The number of hydrogen-bond acceptors (Lipinski definition) is 3. The third-order valence-corrected chi connectivity index (χ3v) is 8.75. The standard InChI is InChI=1S/C28H39N3O3/c32-26(29-23-15-17-30(18-16-23)27(33)20-9-3-1-4-10-20)25-19-22-13-7-8-14-24(22)31(25)28(34)21-11-5-2-6-12-21/h2,5-6,11-12,20,22-25H,1,3-4,7-10,13-19H2,(H,29,32). The van der Waals surface area contributed by atoms with Crippen LogP contribution in [0.4, 0.5) is 0 Å². The van der Waals surface area contributed by atoms with Gasteiger partial charge in [-0.1, -0.05) is 50.3 Å². The van der Waals surface area contributed by atoms with Crippen LogP contribution in [0.2, 0.25) is 0 Å². The molecule has 1 aromatic carbocycles. The third kappa shape index (κ3) is 4.87. The molecule has 2 aliphatic carbocycles. The van der Waals surface area contributed by atoms with Crippen molar-refractivity contribution in [3.63, 3.8) is 0 Å². The Bertz CT molecular complexity index is 874. The van der Waals surface area contributed by atoms with Crippen LogP contribution in [-0.4, -0.2) is 58.7 Å². The van der Waals surface area contributed by atoms with E-state index in [0.29, 0.717) is 17.4 Å². The van der Waals surface area contributed by atoms with Gasteiger partial charge in [0.25, 0.3) is 5.91 Å². The molecule has 2 aliphatic heterocycles. The van der Waals surface area contributed by atoms with E-state index >= 15 is 0 Å². The van der Waals surface area contributed by atoms with Gasteiger partial charge in [-0.25, -0.2) is 0 Å². The first kappa shape index (κ1) is 23.4. The van der Waals surface area contributed by atoms with Gasteiger partial charge < -0.3 is 15.1 Å². The van der Waals surface area contributed by atoms with Crippen molar-refractivity contribution < 1.29 is 14.4 Å². The number of hydrogen-bond donors (Lipinski definition) is 1. The maximum Gasteiger partial charge on any atom is 0.254 e. The Labute approximate surface area is 203 Å². The Morgan fingerprint density at radius 3 is 2.21 bits per heavy atom. The monoisotopic (exact) mass is 465 g/mol. The van der Waals surface area contributed by atoms with Crippen LogP contribution in [0.15, 0.2) is 30.3 Å². The fourth-order valence-corrected chi connectivity index (χ4v) is 6.87. The van der Waals surface area contributed by atoms with E-state index in [4.69, 9.17) is 0 Å². The van der Waals surface area contributed by atoms with Gasteiger partial charge in [-0.05, 0) is 63.0 Å². The van der Waals surface area contributed by atoms with Gasteiger partial charge in [0, 0.05) is 36.7 Å². The maximum absolute atomic E-state index is 13.5. The molecule has 0 bridgehead atoms. The molecule has 0 radical (unpaired) electrons. The van der Waals surface area contributed by atoms with Crippen molar-refractivity contribution in [3.05, 3.63) is 35.9 Å². The molecule has 34 heavy (non-hydrogen) atoms. The number of likely N-dealkylation sites (tertiary alicyclic amines) is 2. The van der Waals surface area contributed by atoms with E-state index in [9.17, 15) is 14.4 Å². The van der Waals surface area contributed by atoms with Crippen molar-refractivity contribution in [2.24, 2.45) is 11.8 Å². The van der Waals surface area contributed by atoms with E-state index in [1.54, 1.807) is 0 Å². The lowest BCUT2D eigenvalue weighted by molar-refractivity contribution is -0.137. The Kier molecular flexibility index (Phi) is 7.21. The molecule has 1 aromatic rings. The highest BCUT2D eigenvalue weighted by molar-refractivity contribution is 5.98. The Morgan fingerprint density at radius 2 is 1.47 bits per heavy atom. The lowest BCUT2D eigenvalue weighted by atomic mass is 9.84. The Balaban J connectivity index is 1.21. The normalized spacial score (nSPS) is 28.4. The number of carbonyl (C=O) groups excluding carboxylic acids is 3. The molecule has 0 spiro atoms. The van der Waals surface area contributed by atoms with Crippen LogP contribution in [0.1, 0.15) is 87.4 Å².